The van der Waals surface area contributed by atoms with E-state index < -0.39 is 16.1 Å². The Labute approximate surface area is 388 Å². The van der Waals surface area contributed by atoms with E-state index in [9.17, 15) is 0 Å². The number of para-hydroxylation sites is 4. The maximum atomic E-state index is 2.53. The number of rotatable bonds is 4. The summed E-state index contributed by atoms with van der Waals surface area (Å²) in [6.07, 6.45) is 0. The summed E-state index contributed by atoms with van der Waals surface area (Å²) in [6, 6.07) is 82.7. The van der Waals surface area contributed by atoms with E-state index in [2.05, 4.69) is 254 Å². The normalized spacial score (nSPS) is 14.5. The predicted molar refractivity (Wildman–Crippen MR) is 290 cm³/mol. The van der Waals surface area contributed by atoms with Crippen molar-refractivity contribution in [2.45, 2.75) is 26.2 Å². The van der Waals surface area contributed by atoms with E-state index in [1.807, 2.05) is 0 Å². The van der Waals surface area contributed by atoms with E-state index in [-0.39, 0.29) is 0 Å². The lowest BCUT2D eigenvalue weighted by molar-refractivity contribution is 1.29. The quantitative estimate of drug-likeness (QED) is 0.128. The van der Waals surface area contributed by atoms with Gasteiger partial charge in [-0.05, 0) is 147 Å². The molecule has 0 unspecified atom stereocenters. The van der Waals surface area contributed by atoms with Crippen molar-refractivity contribution in [2.75, 3.05) is 9.80 Å². The smallest absolute Gasteiger partial charge is 0.117 e. The number of benzene rings is 11. The van der Waals surface area contributed by atoms with Gasteiger partial charge in [-0.2, -0.15) is 0 Å². The summed E-state index contributed by atoms with van der Waals surface area (Å²) in [5, 5.41) is 15.8. The zero-order chi connectivity index (χ0) is 44.3. The van der Waals surface area contributed by atoms with Gasteiger partial charge in [-0.1, -0.05) is 184 Å². The van der Waals surface area contributed by atoms with Gasteiger partial charge in [0.1, 0.15) is 16.1 Å². The van der Waals surface area contributed by atoms with Gasteiger partial charge in [0.25, 0.3) is 0 Å². The molecule has 0 bridgehead atoms. The molecule has 0 saturated carbocycles. The number of hydrogen-bond donors (Lipinski definition) is 0. The Morgan fingerprint density at radius 3 is 0.955 bits per heavy atom. The minimum Gasteiger partial charge on any atom is -0.311 e. The first-order chi connectivity index (χ1) is 32.3. The van der Waals surface area contributed by atoms with Crippen molar-refractivity contribution in [3.8, 4) is 22.3 Å². The average Bonchev–Trinajstić information content (AvgIpc) is 3.35. The molecule has 11 aromatic rings. The van der Waals surface area contributed by atoms with Crippen molar-refractivity contribution in [3.05, 3.63) is 218 Å². The molecule has 0 amide bonds. The lowest BCUT2D eigenvalue weighted by atomic mass is 9.84. The Balaban J connectivity index is 1.15. The van der Waals surface area contributed by atoms with Crippen LogP contribution in [0.3, 0.4) is 0 Å². The van der Waals surface area contributed by atoms with Gasteiger partial charge in [-0.3, -0.25) is 0 Å². The highest BCUT2D eigenvalue weighted by Crippen LogP contribution is 2.49. The number of anilines is 6. The molecule has 11 aromatic carbocycles. The molecule has 0 radical (unpaired) electrons. The molecule has 0 aliphatic carbocycles. The highest BCUT2D eigenvalue weighted by Gasteiger charge is 2.40. The largest absolute Gasteiger partial charge is 0.311 e. The van der Waals surface area contributed by atoms with Gasteiger partial charge in [0.05, 0.1) is 0 Å². The first kappa shape index (κ1) is 38.9. The second-order valence-corrected chi connectivity index (χ2v) is 28.0. The van der Waals surface area contributed by atoms with E-state index >= 15 is 0 Å². The molecular weight excluding hydrogens is 829 g/mol. The van der Waals surface area contributed by atoms with E-state index in [0.29, 0.717) is 0 Å². The maximum Gasteiger partial charge on any atom is 0.117 e. The van der Waals surface area contributed by atoms with Crippen molar-refractivity contribution in [2.24, 2.45) is 0 Å². The molecule has 0 N–H and O–H groups in total. The lowest BCUT2D eigenvalue weighted by Gasteiger charge is -2.41. The first-order valence-electron chi connectivity index (χ1n) is 23.3. The second-order valence-electron chi connectivity index (χ2n) is 19.3. The van der Waals surface area contributed by atoms with Crippen molar-refractivity contribution in [3.63, 3.8) is 0 Å². The van der Waals surface area contributed by atoms with Crippen LogP contribution in [-0.2, 0) is 0 Å². The van der Waals surface area contributed by atoms with E-state index in [4.69, 9.17) is 0 Å². The molecular formula is C62H48N2Si2. The Morgan fingerprint density at radius 1 is 0.273 bits per heavy atom. The third-order valence-corrected chi connectivity index (χ3v) is 22.0. The van der Waals surface area contributed by atoms with Gasteiger partial charge in [0.15, 0.2) is 0 Å². The van der Waals surface area contributed by atoms with Crippen molar-refractivity contribution >= 4 is 114 Å². The highest BCUT2D eigenvalue weighted by atomic mass is 28.3. The third-order valence-electron chi connectivity index (χ3n) is 14.9. The van der Waals surface area contributed by atoms with Gasteiger partial charge in [0, 0.05) is 34.1 Å². The molecule has 2 aliphatic heterocycles. The molecule has 0 saturated heterocycles. The summed E-state index contributed by atoms with van der Waals surface area (Å²) in [6.45, 7) is 10.0. The summed E-state index contributed by atoms with van der Waals surface area (Å²) in [7, 11) is -3.95. The molecule has 0 fully saturated rings. The van der Waals surface area contributed by atoms with Crippen LogP contribution in [0.1, 0.15) is 0 Å². The third kappa shape index (κ3) is 5.71. The Hall–Kier alpha value is -7.51. The standard InChI is InChI=1S/C62H48N2Si2/c1-65(2)57-25-13-9-21-53(57)63(54-22-10-14-26-58(54)65)47-33-35-49-51(39-47)61(45-31-29-41-17-5-7-19-43(41)37-45)50-36-34-48(40-52(50)62(49)46-32-30-42-18-6-8-20-44(42)38-46)64-55-23-11-15-27-59(55)66(3,4)60-28-16-12-24-56(60)64/h5-40H,1-4H3. The van der Waals surface area contributed by atoms with Gasteiger partial charge in [0.2, 0.25) is 0 Å². The Bertz CT molecular complexity index is 3460. The van der Waals surface area contributed by atoms with Crippen LogP contribution in [0, 0.1) is 0 Å². The molecule has 2 aliphatic rings. The molecule has 0 spiro atoms. The first-order valence-corrected chi connectivity index (χ1v) is 29.3. The Kier molecular flexibility index (Phi) is 8.55. The monoisotopic (exact) mass is 876 g/mol. The molecule has 2 nitrogen and oxygen atoms in total. The zero-order valence-electron chi connectivity index (χ0n) is 37.7. The second kappa shape index (κ2) is 14.5. The molecule has 314 valence electrons. The molecule has 4 heteroatoms. The zero-order valence-corrected chi connectivity index (χ0v) is 39.7. The van der Waals surface area contributed by atoms with Crippen LogP contribution in [0.25, 0.3) is 65.3 Å². The van der Waals surface area contributed by atoms with Crippen molar-refractivity contribution < 1.29 is 0 Å². The summed E-state index contributed by atoms with van der Waals surface area (Å²) in [5.74, 6) is 0. The fourth-order valence-electron chi connectivity index (χ4n) is 11.7. The van der Waals surface area contributed by atoms with Crippen LogP contribution in [-0.4, -0.2) is 16.1 Å². The van der Waals surface area contributed by atoms with E-state index in [0.717, 1.165) is 0 Å². The van der Waals surface area contributed by atoms with Crippen LogP contribution in [0.15, 0.2) is 218 Å². The van der Waals surface area contributed by atoms with Gasteiger partial charge < -0.3 is 9.80 Å². The van der Waals surface area contributed by atoms with Crippen LogP contribution in [0.5, 0.6) is 0 Å². The van der Waals surface area contributed by atoms with Gasteiger partial charge in [-0.15, -0.1) is 0 Å². The van der Waals surface area contributed by atoms with Gasteiger partial charge >= 0.3 is 0 Å². The Morgan fingerprint density at radius 2 is 0.591 bits per heavy atom. The van der Waals surface area contributed by atoms with Crippen molar-refractivity contribution in [1.82, 2.24) is 0 Å². The summed E-state index contributed by atoms with van der Waals surface area (Å²) in [4.78, 5) is 5.07. The summed E-state index contributed by atoms with van der Waals surface area (Å²) >= 11 is 0. The molecule has 0 atom stereocenters. The maximum absolute atomic E-state index is 2.53. The van der Waals surface area contributed by atoms with Crippen molar-refractivity contribution in [1.29, 1.82) is 0 Å². The van der Waals surface area contributed by atoms with Crippen LogP contribution in [0.4, 0.5) is 34.1 Å². The molecule has 0 aromatic heterocycles. The van der Waals surface area contributed by atoms with Crippen LogP contribution < -0.4 is 30.5 Å². The lowest BCUT2D eigenvalue weighted by Crippen LogP contribution is -2.58. The minimum atomic E-state index is -1.98. The van der Waals surface area contributed by atoms with Crippen LogP contribution in [0.2, 0.25) is 26.2 Å². The number of nitrogens with zero attached hydrogens (tertiary/aromatic N) is 2. The van der Waals surface area contributed by atoms with Crippen LogP contribution >= 0.6 is 0 Å². The van der Waals surface area contributed by atoms with E-state index in [1.54, 1.807) is 0 Å². The average molecular weight is 877 g/mol. The fourth-order valence-corrected chi connectivity index (χ4v) is 17.7. The molecule has 13 rings (SSSR count). The molecule has 66 heavy (non-hydrogen) atoms. The SMILES string of the molecule is C[Si]1(C)c2ccccc2N(c2ccc3c(-c4ccc5ccccc5c4)c4cc(N5c6ccccc6[Si](C)(C)c6ccccc65)ccc4c(-c4ccc5ccccc5c4)c3c2)c2ccccc21. The summed E-state index contributed by atoms with van der Waals surface area (Å²) < 4.78 is 0. The predicted octanol–water partition coefficient (Wildman–Crippen LogP) is 14.8. The topological polar surface area (TPSA) is 6.48 Å². The number of hydrogen-bond acceptors (Lipinski definition) is 2. The fraction of sp³-hybridized carbons (Fsp3) is 0.0645. The molecule has 2 heterocycles. The van der Waals surface area contributed by atoms with Gasteiger partial charge in [-0.25, -0.2) is 0 Å². The highest BCUT2D eigenvalue weighted by molar-refractivity contribution is 7.03. The minimum absolute atomic E-state index is 1.17. The summed E-state index contributed by atoms with van der Waals surface area (Å²) in [5.41, 5.74) is 12.4. The number of fused-ring (bicyclic) bond motifs is 8. The van der Waals surface area contributed by atoms with E-state index in [1.165, 1.54) is 120 Å².